The van der Waals surface area contributed by atoms with Crippen molar-refractivity contribution in [3.8, 4) is 17.1 Å². The summed E-state index contributed by atoms with van der Waals surface area (Å²) in [6.07, 6.45) is 2.72. The molecule has 0 aliphatic carbocycles. The van der Waals surface area contributed by atoms with E-state index < -0.39 is 11.2 Å². The van der Waals surface area contributed by atoms with Gasteiger partial charge in [0.15, 0.2) is 11.9 Å². The number of anilines is 1. The summed E-state index contributed by atoms with van der Waals surface area (Å²) in [5, 5.41) is 23.0. The van der Waals surface area contributed by atoms with E-state index in [2.05, 4.69) is 20.5 Å². The van der Waals surface area contributed by atoms with E-state index in [-0.39, 0.29) is 5.88 Å². The second-order valence-corrected chi connectivity index (χ2v) is 6.93. The molecular weight excluding hydrogens is 382 g/mol. The maximum absolute atomic E-state index is 10.8. The smallest absolute Gasteiger partial charge is 0.433 e. The molecule has 2 aromatic heterocycles. The van der Waals surface area contributed by atoms with E-state index in [1.165, 1.54) is 23.9 Å². The summed E-state index contributed by atoms with van der Waals surface area (Å²) in [6.45, 7) is 2.01. The van der Waals surface area contributed by atoms with Crippen LogP contribution in [0, 0.1) is 10.1 Å². The van der Waals surface area contributed by atoms with Gasteiger partial charge in [0.05, 0.1) is 6.07 Å². The van der Waals surface area contributed by atoms with Crippen molar-refractivity contribution in [1.29, 1.82) is 0 Å². The minimum atomic E-state index is -0.584. The third-order valence-electron chi connectivity index (χ3n) is 3.86. The number of nitrogens with one attached hydrogen (secondary N) is 1. The Morgan fingerprint density at radius 3 is 2.93 bits per heavy atom. The van der Waals surface area contributed by atoms with E-state index >= 15 is 0 Å². The molecule has 0 saturated carbocycles. The summed E-state index contributed by atoms with van der Waals surface area (Å²) < 4.78 is 11.1. The van der Waals surface area contributed by atoms with Crippen molar-refractivity contribution < 1.29 is 14.1 Å². The third-order valence-corrected chi connectivity index (χ3v) is 4.57. The molecule has 28 heavy (non-hydrogen) atoms. The molecule has 1 aliphatic heterocycles. The van der Waals surface area contributed by atoms with Crippen LogP contribution < -0.4 is 10.1 Å². The highest BCUT2D eigenvalue weighted by Gasteiger charge is 2.23. The Labute approximate surface area is 164 Å². The molecule has 3 heterocycles. The summed E-state index contributed by atoms with van der Waals surface area (Å²) in [5.41, 5.74) is 2.19. The van der Waals surface area contributed by atoms with Crippen LogP contribution in [-0.2, 0) is 0 Å². The topological polar surface area (TPSA) is 116 Å². The van der Waals surface area contributed by atoms with Gasteiger partial charge in [-0.15, -0.1) is 10.2 Å². The maximum Gasteiger partial charge on any atom is 0.433 e. The molecule has 142 valence electrons. The number of hydrogen-bond acceptors (Lipinski definition) is 9. The summed E-state index contributed by atoms with van der Waals surface area (Å²) in [7, 11) is 0. The standard InChI is InChI=1S/C18H15N5O4S/c1-2-28-18-20-17-16(21-22-18)12-5-3-4-6-13(12)19-14(27-17)9-7-11-8-10-15(26-11)23(24)25/h3-10,14,19H,2H2,1H3/t14-/m0/s1. The highest BCUT2D eigenvalue weighted by molar-refractivity contribution is 7.99. The Morgan fingerprint density at radius 1 is 1.29 bits per heavy atom. The number of thioether (sulfide) groups is 1. The van der Waals surface area contributed by atoms with E-state index in [4.69, 9.17) is 9.15 Å². The van der Waals surface area contributed by atoms with Crippen molar-refractivity contribution in [2.24, 2.45) is 0 Å². The first-order valence-electron chi connectivity index (χ1n) is 8.46. The molecule has 0 fully saturated rings. The van der Waals surface area contributed by atoms with E-state index in [1.54, 1.807) is 12.2 Å². The van der Waals surface area contributed by atoms with Crippen LogP contribution in [0.15, 0.2) is 52.0 Å². The van der Waals surface area contributed by atoms with Crippen molar-refractivity contribution in [2.45, 2.75) is 18.3 Å². The molecule has 0 bridgehead atoms. The number of benzene rings is 1. The van der Waals surface area contributed by atoms with Gasteiger partial charge in [0.1, 0.15) is 10.7 Å². The summed E-state index contributed by atoms with van der Waals surface area (Å²) in [4.78, 5) is 14.6. The molecule has 0 unspecified atom stereocenters. The fourth-order valence-electron chi connectivity index (χ4n) is 2.66. The number of hydrogen-bond donors (Lipinski definition) is 1. The SMILES string of the molecule is CCSc1nnc2c(n1)O[C@@H](C=Cc1ccc([N+](=O)[O-])o1)Nc1ccccc1-2. The molecule has 0 amide bonds. The van der Waals surface area contributed by atoms with Crippen LogP contribution in [-0.4, -0.2) is 32.1 Å². The number of furan rings is 1. The number of nitro groups is 1. The fraction of sp³-hybridized carbons (Fsp3) is 0.167. The zero-order valence-corrected chi connectivity index (χ0v) is 15.5. The molecule has 0 spiro atoms. The first-order valence-corrected chi connectivity index (χ1v) is 9.45. The lowest BCUT2D eigenvalue weighted by atomic mass is 10.1. The number of fused-ring (bicyclic) bond motifs is 3. The molecule has 1 aromatic carbocycles. The Morgan fingerprint density at radius 2 is 2.14 bits per heavy atom. The van der Waals surface area contributed by atoms with E-state index in [0.717, 1.165) is 17.0 Å². The fourth-order valence-corrected chi connectivity index (χ4v) is 3.16. The number of para-hydroxylation sites is 1. The molecule has 1 N–H and O–H groups in total. The van der Waals surface area contributed by atoms with Gasteiger partial charge in [0.25, 0.3) is 0 Å². The van der Waals surface area contributed by atoms with Crippen LogP contribution >= 0.6 is 11.8 Å². The highest BCUT2D eigenvalue weighted by Crippen LogP contribution is 2.36. The van der Waals surface area contributed by atoms with Crippen molar-refractivity contribution in [3.05, 3.63) is 58.3 Å². The largest absolute Gasteiger partial charge is 0.448 e. The quantitative estimate of drug-likeness (QED) is 0.387. The minimum Gasteiger partial charge on any atom is -0.448 e. The summed E-state index contributed by atoms with van der Waals surface area (Å²) in [6, 6.07) is 10.4. The van der Waals surface area contributed by atoms with Gasteiger partial charge in [-0.25, -0.2) is 0 Å². The molecule has 10 heteroatoms. The predicted octanol–water partition coefficient (Wildman–Crippen LogP) is 4.00. The summed E-state index contributed by atoms with van der Waals surface area (Å²) in [5.74, 6) is 1.21. The van der Waals surface area contributed by atoms with Crippen molar-refractivity contribution in [3.63, 3.8) is 0 Å². The summed E-state index contributed by atoms with van der Waals surface area (Å²) >= 11 is 1.47. The van der Waals surface area contributed by atoms with Gasteiger partial charge in [-0.05, 0) is 30.0 Å². The van der Waals surface area contributed by atoms with Gasteiger partial charge in [0, 0.05) is 11.3 Å². The van der Waals surface area contributed by atoms with Gasteiger partial charge in [-0.3, -0.25) is 10.1 Å². The zero-order chi connectivity index (χ0) is 19.5. The molecule has 0 radical (unpaired) electrons. The zero-order valence-electron chi connectivity index (χ0n) is 14.7. The lowest BCUT2D eigenvalue weighted by Gasteiger charge is -2.15. The minimum absolute atomic E-state index is 0.316. The van der Waals surface area contributed by atoms with Crippen LogP contribution in [0.4, 0.5) is 11.6 Å². The molecule has 1 atom stereocenters. The Bertz CT molecular complexity index is 1050. The Balaban J connectivity index is 1.67. The molecule has 3 aromatic rings. The molecular formula is C18H15N5O4S. The van der Waals surface area contributed by atoms with Crippen LogP contribution in [0.25, 0.3) is 17.3 Å². The van der Waals surface area contributed by atoms with Crippen molar-refractivity contribution in [1.82, 2.24) is 15.2 Å². The molecule has 1 aliphatic rings. The van der Waals surface area contributed by atoms with Crippen molar-refractivity contribution >= 4 is 29.4 Å². The second-order valence-electron chi connectivity index (χ2n) is 5.70. The van der Waals surface area contributed by atoms with Crippen LogP contribution in [0.2, 0.25) is 0 Å². The average Bonchev–Trinajstić information content (AvgIpc) is 3.11. The first-order chi connectivity index (χ1) is 13.6. The van der Waals surface area contributed by atoms with Gasteiger partial charge in [0.2, 0.25) is 11.0 Å². The average molecular weight is 397 g/mol. The van der Waals surface area contributed by atoms with Crippen LogP contribution in [0.1, 0.15) is 12.7 Å². The van der Waals surface area contributed by atoms with Gasteiger partial charge >= 0.3 is 5.88 Å². The first kappa shape index (κ1) is 18.0. The van der Waals surface area contributed by atoms with E-state index in [0.29, 0.717) is 22.5 Å². The number of nitrogens with zero attached hydrogens (tertiary/aromatic N) is 4. The monoisotopic (exact) mass is 397 g/mol. The van der Waals surface area contributed by atoms with E-state index in [9.17, 15) is 10.1 Å². The normalized spacial score (nSPS) is 15.2. The van der Waals surface area contributed by atoms with Gasteiger partial charge < -0.3 is 14.5 Å². The molecule has 0 saturated heterocycles. The lowest BCUT2D eigenvalue weighted by molar-refractivity contribution is -0.402. The Kier molecular flexibility index (Phi) is 4.94. The molecule has 9 nitrogen and oxygen atoms in total. The molecule has 4 rings (SSSR count). The second kappa shape index (κ2) is 7.69. The van der Waals surface area contributed by atoms with Gasteiger partial charge in [-0.2, -0.15) is 4.98 Å². The predicted molar refractivity (Wildman–Crippen MR) is 104 cm³/mol. The van der Waals surface area contributed by atoms with Crippen LogP contribution in [0.3, 0.4) is 0 Å². The highest BCUT2D eigenvalue weighted by atomic mass is 32.2. The van der Waals surface area contributed by atoms with E-state index in [1.807, 2.05) is 31.2 Å². The number of aromatic nitrogens is 3. The van der Waals surface area contributed by atoms with Crippen LogP contribution in [0.5, 0.6) is 5.88 Å². The lowest BCUT2D eigenvalue weighted by Crippen LogP contribution is -2.23. The number of rotatable bonds is 5. The third kappa shape index (κ3) is 3.67. The Hall–Kier alpha value is -3.40. The number of ether oxygens (including phenoxy) is 1. The maximum atomic E-state index is 10.8. The van der Waals surface area contributed by atoms with Crippen molar-refractivity contribution in [2.75, 3.05) is 11.1 Å². The van der Waals surface area contributed by atoms with Gasteiger partial charge in [-0.1, -0.05) is 36.9 Å².